The number of nitrogens with two attached hydrogens (primary N) is 2. The Labute approximate surface area is 144 Å². The molecule has 1 unspecified atom stereocenters. The Morgan fingerprint density at radius 3 is 2.17 bits per heavy atom. The van der Waals surface area contributed by atoms with E-state index in [1.165, 1.54) is 0 Å². The summed E-state index contributed by atoms with van der Waals surface area (Å²) in [7, 11) is 0. The van der Waals surface area contributed by atoms with Crippen molar-refractivity contribution in [2.24, 2.45) is 27.4 Å². The number of rotatable bonds is 9. The van der Waals surface area contributed by atoms with Gasteiger partial charge in [-0.2, -0.15) is 0 Å². The number of aliphatic imine (C=N–C) groups is 2. The van der Waals surface area contributed by atoms with Crippen LogP contribution < -0.4 is 16.8 Å². The Hall–Kier alpha value is -2.63. The molecule has 0 radical (unpaired) electrons. The molecule has 0 spiro atoms. The minimum absolute atomic E-state index is 0.0143. The second kappa shape index (κ2) is 12.9. The van der Waals surface area contributed by atoms with Crippen LogP contribution in [0.15, 0.2) is 57.7 Å². The molecule has 0 aromatic carbocycles. The van der Waals surface area contributed by atoms with Crippen LogP contribution in [-0.4, -0.2) is 31.2 Å². The van der Waals surface area contributed by atoms with E-state index >= 15 is 0 Å². The molecule has 0 saturated heterocycles. The SMILES string of the molecule is C/C=C\C(/C=C\C)=C(/C=C\C)N=CC(C)C(=O)NCCN=C(N)N. The molecule has 24 heavy (non-hydrogen) atoms. The molecule has 0 aliphatic rings. The zero-order valence-corrected chi connectivity index (χ0v) is 15.0. The Kier molecular flexibility index (Phi) is 11.5. The summed E-state index contributed by atoms with van der Waals surface area (Å²) in [5.74, 6) is -0.467. The highest BCUT2D eigenvalue weighted by Gasteiger charge is 2.09. The van der Waals surface area contributed by atoms with Gasteiger partial charge in [0.25, 0.3) is 0 Å². The van der Waals surface area contributed by atoms with E-state index in [9.17, 15) is 4.79 Å². The molecule has 0 rings (SSSR count). The molecular weight excluding hydrogens is 302 g/mol. The van der Waals surface area contributed by atoms with Crippen molar-refractivity contribution in [2.75, 3.05) is 13.1 Å². The first-order valence-corrected chi connectivity index (χ1v) is 7.95. The lowest BCUT2D eigenvalue weighted by Crippen LogP contribution is -2.32. The smallest absolute Gasteiger partial charge is 0.228 e. The highest BCUT2D eigenvalue weighted by molar-refractivity contribution is 5.93. The molecule has 5 N–H and O–H groups in total. The Bertz CT molecular complexity index is 550. The first kappa shape index (κ1) is 21.4. The van der Waals surface area contributed by atoms with Crippen molar-refractivity contribution in [3.63, 3.8) is 0 Å². The van der Waals surface area contributed by atoms with Gasteiger partial charge in [-0.25, -0.2) is 0 Å². The summed E-state index contributed by atoms with van der Waals surface area (Å²) >= 11 is 0. The van der Waals surface area contributed by atoms with E-state index in [2.05, 4.69) is 15.3 Å². The maximum Gasteiger partial charge on any atom is 0.228 e. The van der Waals surface area contributed by atoms with Crippen molar-refractivity contribution in [3.05, 3.63) is 47.7 Å². The number of carbonyl (C=O) groups excluding carboxylic acids is 1. The number of nitrogens with one attached hydrogen (secondary N) is 1. The molecule has 0 aliphatic heterocycles. The predicted molar refractivity (Wildman–Crippen MR) is 103 cm³/mol. The maximum atomic E-state index is 12.0. The van der Waals surface area contributed by atoms with E-state index in [4.69, 9.17) is 11.5 Å². The standard InChI is InChI=1S/C18H29N5O/c1-5-8-15(9-6-2)16(10-7-3)23-13-14(4)17(24)21-11-12-22-18(19)20/h5-10,13-14H,11-12H2,1-4H3,(H,21,24)(H4,19,20,22)/b8-5-,9-6-,10-7-,23-13?. The van der Waals surface area contributed by atoms with E-state index in [1.807, 2.05) is 57.2 Å². The fourth-order valence-corrected chi connectivity index (χ4v) is 1.74. The average molecular weight is 331 g/mol. The van der Waals surface area contributed by atoms with Gasteiger partial charge < -0.3 is 16.8 Å². The van der Waals surface area contributed by atoms with Gasteiger partial charge in [0.1, 0.15) is 0 Å². The van der Waals surface area contributed by atoms with E-state index < -0.39 is 0 Å². The first-order chi connectivity index (χ1) is 11.5. The Balaban J connectivity index is 4.99. The number of amides is 1. The molecule has 6 heteroatoms. The molecule has 0 bridgehead atoms. The summed E-state index contributed by atoms with van der Waals surface area (Å²) in [4.78, 5) is 20.3. The van der Waals surface area contributed by atoms with Crippen molar-refractivity contribution in [3.8, 4) is 0 Å². The van der Waals surface area contributed by atoms with Crippen molar-refractivity contribution in [2.45, 2.75) is 27.7 Å². The number of hydrogen-bond acceptors (Lipinski definition) is 3. The topological polar surface area (TPSA) is 106 Å². The van der Waals surface area contributed by atoms with Crippen LogP contribution >= 0.6 is 0 Å². The van der Waals surface area contributed by atoms with Gasteiger partial charge in [-0.3, -0.25) is 14.8 Å². The highest BCUT2D eigenvalue weighted by Crippen LogP contribution is 2.12. The fraction of sp³-hybridized carbons (Fsp3) is 0.389. The third kappa shape index (κ3) is 9.40. The molecule has 1 amide bonds. The molecule has 0 aromatic rings. The number of hydrogen-bond donors (Lipinski definition) is 3. The van der Waals surface area contributed by atoms with Crippen molar-refractivity contribution < 1.29 is 4.79 Å². The van der Waals surface area contributed by atoms with Gasteiger partial charge in [0.15, 0.2) is 5.96 Å². The maximum absolute atomic E-state index is 12.0. The van der Waals surface area contributed by atoms with Crippen LogP contribution in [0, 0.1) is 5.92 Å². The monoisotopic (exact) mass is 331 g/mol. The van der Waals surface area contributed by atoms with E-state index in [-0.39, 0.29) is 17.8 Å². The molecular formula is C18H29N5O. The van der Waals surface area contributed by atoms with E-state index in [0.717, 1.165) is 11.3 Å². The van der Waals surface area contributed by atoms with Crippen LogP contribution in [0.5, 0.6) is 0 Å². The molecule has 0 aliphatic carbocycles. The first-order valence-electron chi connectivity index (χ1n) is 7.95. The lowest BCUT2D eigenvalue weighted by Gasteiger charge is -2.07. The van der Waals surface area contributed by atoms with Crippen LogP contribution in [0.3, 0.4) is 0 Å². The summed E-state index contributed by atoms with van der Waals surface area (Å²) in [5.41, 5.74) is 12.2. The van der Waals surface area contributed by atoms with Crippen LogP contribution in [-0.2, 0) is 4.79 Å². The lowest BCUT2D eigenvalue weighted by molar-refractivity contribution is -0.122. The molecule has 0 aromatic heterocycles. The second-order valence-electron chi connectivity index (χ2n) is 5.01. The fourth-order valence-electron chi connectivity index (χ4n) is 1.74. The third-order valence-corrected chi connectivity index (χ3v) is 2.87. The van der Waals surface area contributed by atoms with Crippen LogP contribution in [0.25, 0.3) is 0 Å². The van der Waals surface area contributed by atoms with Gasteiger partial charge in [0.05, 0.1) is 18.2 Å². The number of guanidine groups is 1. The Morgan fingerprint density at radius 1 is 1.08 bits per heavy atom. The average Bonchev–Trinajstić information content (AvgIpc) is 2.54. The summed E-state index contributed by atoms with van der Waals surface area (Å²) in [6, 6.07) is 0. The van der Waals surface area contributed by atoms with Crippen LogP contribution in [0.2, 0.25) is 0 Å². The number of allylic oxidation sites excluding steroid dienone is 7. The second-order valence-corrected chi connectivity index (χ2v) is 5.01. The zero-order chi connectivity index (χ0) is 18.4. The minimum atomic E-state index is -0.359. The van der Waals surface area contributed by atoms with Crippen molar-refractivity contribution in [1.29, 1.82) is 0 Å². The summed E-state index contributed by atoms with van der Waals surface area (Å²) in [6.45, 7) is 8.36. The summed E-state index contributed by atoms with van der Waals surface area (Å²) in [6.07, 6.45) is 13.3. The van der Waals surface area contributed by atoms with Crippen LogP contribution in [0.4, 0.5) is 0 Å². The Morgan fingerprint density at radius 2 is 1.67 bits per heavy atom. The minimum Gasteiger partial charge on any atom is -0.370 e. The van der Waals surface area contributed by atoms with E-state index in [1.54, 1.807) is 13.1 Å². The van der Waals surface area contributed by atoms with Gasteiger partial charge in [-0.15, -0.1) is 0 Å². The van der Waals surface area contributed by atoms with Crippen molar-refractivity contribution >= 4 is 18.1 Å². The van der Waals surface area contributed by atoms with Crippen molar-refractivity contribution in [1.82, 2.24) is 5.32 Å². The summed E-state index contributed by atoms with van der Waals surface area (Å²) < 4.78 is 0. The molecule has 1 atom stereocenters. The number of nitrogens with zero attached hydrogens (tertiary/aromatic N) is 2. The molecule has 132 valence electrons. The lowest BCUT2D eigenvalue weighted by atomic mass is 10.1. The molecule has 0 saturated carbocycles. The number of carbonyl (C=O) groups is 1. The van der Waals surface area contributed by atoms with Gasteiger partial charge in [-0.05, 0) is 39.3 Å². The van der Waals surface area contributed by atoms with Gasteiger partial charge in [0.2, 0.25) is 5.91 Å². The highest BCUT2D eigenvalue weighted by atomic mass is 16.1. The quantitative estimate of drug-likeness (QED) is 0.260. The van der Waals surface area contributed by atoms with Gasteiger partial charge in [0, 0.05) is 12.8 Å². The molecule has 6 nitrogen and oxygen atoms in total. The largest absolute Gasteiger partial charge is 0.370 e. The third-order valence-electron chi connectivity index (χ3n) is 2.87. The van der Waals surface area contributed by atoms with Gasteiger partial charge in [-0.1, -0.05) is 30.4 Å². The van der Waals surface area contributed by atoms with Gasteiger partial charge >= 0.3 is 0 Å². The predicted octanol–water partition coefficient (Wildman–Crippen LogP) is 2.07. The normalized spacial score (nSPS) is 13.0. The summed E-state index contributed by atoms with van der Waals surface area (Å²) in [5, 5.41) is 2.76. The molecule has 0 heterocycles. The molecule has 0 fully saturated rings. The van der Waals surface area contributed by atoms with E-state index in [0.29, 0.717) is 13.1 Å². The van der Waals surface area contributed by atoms with Crippen LogP contribution in [0.1, 0.15) is 27.7 Å². The zero-order valence-electron chi connectivity index (χ0n) is 15.0.